The van der Waals surface area contributed by atoms with Crippen molar-refractivity contribution in [3.63, 3.8) is 0 Å². The number of aliphatic carboxylic acids is 2. The van der Waals surface area contributed by atoms with Crippen molar-refractivity contribution in [1.29, 1.82) is 0 Å². The summed E-state index contributed by atoms with van der Waals surface area (Å²) in [4.78, 5) is 61.5. The van der Waals surface area contributed by atoms with E-state index in [1.54, 1.807) is 30.3 Å². The number of phenolic OH excluding ortho intramolecular Hbond substituents is 1. The molecule has 2 aromatic carbocycles. The van der Waals surface area contributed by atoms with Gasteiger partial charge in [0, 0.05) is 12.8 Å². The molecule has 2 rings (SSSR count). The largest absolute Gasteiger partial charge is 0.508 e. The molecule has 0 bridgehead atoms. The Labute approximate surface area is 224 Å². The molecule has 5 unspecified atom stereocenters. The van der Waals surface area contributed by atoms with Gasteiger partial charge in [0.05, 0.1) is 18.6 Å². The number of nitrogens with one attached hydrogen (secondary N) is 3. The van der Waals surface area contributed by atoms with Crippen molar-refractivity contribution in [2.45, 2.75) is 56.5 Å². The van der Waals surface area contributed by atoms with Crippen molar-refractivity contribution in [3.8, 4) is 5.75 Å². The fraction of sp³-hybridized carbons (Fsp3) is 0.346. The number of aliphatic hydroxyl groups excluding tert-OH is 1. The van der Waals surface area contributed by atoms with Crippen molar-refractivity contribution in [1.82, 2.24) is 16.0 Å². The van der Waals surface area contributed by atoms with Crippen molar-refractivity contribution < 1.29 is 44.4 Å². The Morgan fingerprint density at radius 1 is 0.769 bits per heavy atom. The van der Waals surface area contributed by atoms with Gasteiger partial charge in [-0.15, -0.1) is 0 Å². The van der Waals surface area contributed by atoms with Gasteiger partial charge >= 0.3 is 11.9 Å². The minimum Gasteiger partial charge on any atom is -0.508 e. The van der Waals surface area contributed by atoms with Crippen LogP contribution in [0.5, 0.6) is 5.75 Å². The Morgan fingerprint density at radius 2 is 1.26 bits per heavy atom. The molecular formula is C26H32N4O9. The van der Waals surface area contributed by atoms with Crippen LogP contribution in [-0.2, 0) is 36.8 Å². The predicted octanol–water partition coefficient (Wildman–Crippen LogP) is -1.10. The van der Waals surface area contributed by atoms with Gasteiger partial charge in [-0.25, -0.2) is 4.79 Å². The highest BCUT2D eigenvalue weighted by molar-refractivity contribution is 5.95. The van der Waals surface area contributed by atoms with Crippen molar-refractivity contribution >= 4 is 29.7 Å². The fourth-order valence-electron chi connectivity index (χ4n) is 3.61. The monoisotopic (exact) mass is 544 g/mol. The van der Waals surface area contributed by atoms with Crippen LogP contribution in [-0.4, -0.2) is 80.4 Å². The smallest absolute Gasteiger partial charge is 0.328 e. The van der Waals surface area contributed by atoms with E-state index < -0.39 is 66.4 Å². The molecule has 9 N–H and O–H groups in total. The Morgan fingerprint density at radius 3 is 1.74 bits per heavy atom. The summed E-state index contributed by atoms with van der Waals surface area (Å²) in [5.41, 5.74) is 6.79. The first-order valence-electron chi connectivity index (χ1n) is 12.0. The summed E-state index contributed by atoms with van der Waals surface area (Å²) >= 11 is 0. The Hall–Kier alpha value is -4.49. The van der Waals surface area contributed by atoms with Crippen LogP contribution in [0.3, 0.4) is 0 Å². The van der Waals surface area contributed by atoms with Gasteiger partial charge in [-0.1, -0.05) is 42.5 Å². The van der Waals surface area contributed by atoms with E-state index in [0.29, 0.717) is 11.1 Å². The molecule has 0 radical (unpaired) electrons. The molecule has 3 amide bonds. The summed E-state index contributed by atoms with van der Waals surface area (Å²) in [6.07, 6.45) is -2.28. The number of amides is 3. The Bertz CT molecular complexity index is 1160. The van der Waals surface area contributed by atoms with Gasteiger partial charge < -0.3 is 42.1 Å². The molecule has 210 valence electrons. The van der Waals surface area contributed by atoms with Crippen LogP contribution in [0, 0.1) is 0 Å². The maximum atomic E-state index is 13.4. The molecule has 13 heteroatoms. The first-order chi connectivity index (χ1) is 18.4. The van der Waals surface area contributed by atoms with Crippen LogP contribution in [0.15, 0.2) is 54.6 Å². The summed E-state index contributed by atoms with van der Waals surface area (Å²) in [7, 11) is 0. The molecule has 0 spiro atoms. The van der Waals surface area contributed by atoms with Crippen LogP contribution >= 0.6 is 0 Å². The second kappa shape index (κ2) is 14.4. The maximum absolute atomic E-state index is 13.4. The Kier molecular flexibility index (Phi) is 11.4. The molecule has 13 nitrogen and oxygen atoms in total. The zero-order chi connectivity index (χ0) is 29.1. The van der Waals surface area contributed by atoms with E-state index >= 15 is 0 Å². The van der Waals surface area contributed by atoms with Crippen LogP contribution < -0.4 is 21.7 Å². The van der Waals surface area contributed by atoms with Gasteiger partial charge in [0.25, 0.3) is 0 Å². The molecule has 0 aliphatic rings. The van der Waals surface area contributed by atoms with Gasteiger partial charge in [0.2, 0.25) is 17.7 Å². The minimum absolute atomic E-state index is 0.0306. The minimum atomic E-state index is -1.66. The highest BCUT2D eigenvalue weighted by atomic mass is 16.4. The fourth-order valence-corrected chi connectivity index (χ4v) is 3.61. The van der Waals surface area contributed by atoms with Gasteiger partial charge in [0.1, 0.15) is 17.8 Å². The van der Waals surface area contributed by atoms with Gasteiger partial charge in [0.15, 0.2) is 6.04 Å². The van der Waals surface area contributed by atoms with Gasteiger partial charge in [-0.2, -0.15) is 0 Å². The van der Waals surface area contributed by atoms with E-state index in [4.69, 9.17) is 10.8 Å². The van der Waals surface area contributed by atoms with Crippen molar-refractivity contribution in [3.05, 3.63) is 65.7 Å². The normalized spacial score (nSPS) is 14.6. The lowest BCUT2D eigenvalue weighted by Gasteiger charge is -2.26. The molecule has 0 aliphatic heterocycles. The average molecular weight is 545 g/mol. The number of nitrogens with two attached hydrogens (primary N) is 1. The molecule has 2 aromatic rings. The number of benzene rings is 2. The summed E-state index contributed by atoms with van der Waals surface area (Å²) in [6, 6.07) is 8.57. The number of aliphatic hydroxyl groups is 1. The van der Waals surface area contributed by atoms with Crippen LogP contribution in [0.2, 0.25) is 0 Å². The number of rotatable bonds is 14. The topological polar surface area (TPSA) is 228 Å². The van der Waals surface area contributed by atoms with E-state index in [9.17, 15) is 39.3 Å². The highest BCUT2D eigenvalue weighted by Crippen LogP contribution is 2.12. The SMILES string of the molecule is CC(O)C(NC(=O)C(Cc1ccc(O)cc1)NC(=O)C(Cc1ccccc1)NC(=O)C(N)CC(=O)O)C(=O)O. The molecular weight excluding hydrogens is 512 g/mol. The molecule has 0 heterocycles. The number of carbonyl (C=O) groups is 5. The number of hydrogen-bond donors (Lipinski definition) is 8. The zero-order valence-electron chi connectivity index (χ0n) is 21.1. The summed E-state index contributed by atoms with van der Waals surface area (Å²) in [6.45, 7) is 1.18. The number of carboxylic acid groups (broad SMARTS) is 2. The first-order valence-corrected chi connectivity index (χ1v) is 12.0. The highest BCUT2D eigenvalue weighted by Gasteiger charge is 2.32. The second-order valence-corrected chi connectivity index (χ2v) is 8.95. The molecule has 0 aliphatic carbocycles. The summed E-state index contributed by atoms with van der Waals surface area (Å²) < 4.78 is 0. The third-order valence-electron chi connectivity index (χ3n) is 5.70. The molecule has 5 atom stereocenters. The number of carboxylic acids is 2. The molecule has 0 saturated carbocycles. The maximum Gasteiger partial charge on any atom is 0.328 e. The third kappa shape index (κ3) is 10.1. The van der Waals surface area contributed by atoms with E-state index in [2.05, 4.69) is 16.0 Å². The molecule has 0 aromatic heterocycles. The zero-order valence-corrected chi connectivity index (χ0v) is 21.1. The first kappa shape index (κ1) is 30.7. The second-order valence-electron chi connectivity index (χ2n) is 8.95. The lowest BCUT2D eigenvalue weighted by atomic mass is 10.0. The predicted molar refractivity (Wildman–Crippen MR) is 137 cm³/mol. The van der Waals surface area contributed by atoms with Crippen molar-refractivity contribution in [2.24, 2.45) is 5.73 Å². The van der Waals surface area contributed by atoms with E-state index in [0.717, 1.165) is 0 Å². The Balaban J connectivity index is 2.33. The third-order valence-corrected chi connectivity index (χ3v) is 5.70. The number of carbonyl (C=O) groups excluding carboxylic acids is 3. The van der Waals surface area contributed by atoms with E-state index in [1.165, 1.54) is 31.2 Å². The van der Waals surface area contributed by atoms with Crippen LogP contribution in [0.4, 0.5) is 0 Å². The number of aromatic hydroxyl groups is 1. The molecule has 39 heavy (non-hydrogen) atoms. The van der Waals surface area contributed by atoms with Gasteiger partial charge in [-0.3, -0.25) is 19.2 Å². The molecule has 0 fully saturated rings. The van der Waals surface area contributed by atoms with E-state index in [1.807, 2.05) is 0 Å². The summed E-state index contributed by atoms with van der Waals surface area (Å²) in [5.74, 6) is -5.47. The average Bonchev–Trinajstić information content (AvgIpc) is 2.87. The quantitative estimate of drug-likeness (QED) is 0.143. The number of phenols is 1. The van der Waals surface area contributed by atoms with Crippen LogP contribution in [0.25, 0.3) is 0 Å². The summed E-state index contributed by atoms with van der Waals surface area (Å²) in [5, 5.41) is 44.7. The van der Waals surface area contributed by atoms with Crippen LogP contribution in [0.1, 0.15) is 24.5 Å². The molecule has 0 saturated heterocycles. The standard InChI is InChI=1S/C26H32N4O9/c1-14(31)22(26(38)39)30-25(37)20(12-16-7-9-17(32)10-8-16)29-24(36)19(11-15-5-3-2-4-6-15)28-23(35)18(27)13-21(33)34/h2-10,14,18-20,22,31-32H,11-13,27H2,1H3,(H,28,35)(H,29,36)(H,30,37)(H,33,34)(H,38,39). The lowest BCUT2D eigenvalue weighted by molar-refractivity contribution is -0.145. The number of hydrogen-bond acceptors (Lipinski definition) is 8. The van der Waals surface area contributed by atoms with E-state index in [-0.39, 0.29) is 18.6 Å². The lowest BCUT2D eigenvalue weighted by Crippen LogP contribution is -2.59. The van der Waals surface area contributed by atoms with Crippen molar-refractivity contribution in [2.75, 3.05) is 0 Å². The van der Waals surface area contributed by atoms with Gasteiger partial charge in [-0.05, 0) is 30.2 Å².